The maximum Gasteiger partial charge on any atom is 0.126 e. The Labute approximate surface area is 155 Å². The lowest BCUT2D eigenvalue weighted by atomic mass is 10.1. The van der Waals surface area contributed by atoms with Gasteiger partial charge in [0.1, 0.15) is 9.66 Å². The number of aromatic nitrogens is 4. The first-order chi connectivity index (χ1) is 12.9. The molecule has 0 N–H and O–H groups in total. The fourth-order valence-corrected chi connectivity index (χ4v) is 5.35. The van der Waals surface area contributed by atoms with E-state index in [0.29, 0.717) is 0 Å². The van der Waals surface area contributed by atoms with E-state index >= 15 is 0 Å². The monoisotopic (exact) mass is 370 g/mol. The Morgan fingerprint density at radius 3 is 2.50 bits per heavy atom. The fraction of sp³-hybridized carbons (Fsp3) is 0. The van der Waals surface area contributed by atoms with Crippen molar-refractivity contribution in [1.82, 2.24) is 19.9 Å². The molecule has 0 bridgehead atoms. The van der Waals surface area contributed by atoms with Crippen molar-refractivity contribution in [2.45, 2.75) is 0 Å². The van der Waals surface area contributed by atoms with E-state index in [0.717, 1.165) is 41.1 Å². The Balaban J connectivity index is 1.59. The van der Waals surface area contributed by atoms with Gasteiger partial charge in [0.2, 0.25) is 0 Å². The summed E-state index contributed by atoms with van der Waals surface area (Å²) < 4.78 is 2.31. The van der Waals surface area contributed by atoms with E-state index in [2.05, 4.69) is 39.2 Å². The number of pyridine rings is 4. The van der Waals surface area contributed by atoms with Crippen LogP contribution in [0.5, 0.6) is 0 Å². The molecule has 6 heterocycles. The van der Waals surface area contributed by atoms with Gasteiger partial charge in [-0.2, -0.15) is 0 Å². The van der Waals surface area contributed by atoms with Crippen molar-refractivity contribution in [2.24, 2.45) is 0 Å². The highest BCUT2D eigenvalue weighted by atomic mass is 32.1. The minimum absolute atomic E-state index is 1.02. The summed E-state index contributed by atoms with van der Waals surface area (Å²) in [4.78, 5) is 20.1. The third kappa shape index (κ3) is 2.00. The predicted molar refractivity (Wildman–Crippen MR) is 109 cm³/mol. The van der Waals surface area contributed by atoms with Crippen LogP contribution in [-0.4, -0.2) is 19.9 Å². The van der Waals surface area contributed by atoms with Gasteiger partial charge in [-0.15, -0.1) is 22.7 Å². The first kappa shape index (κ1) is 14.2. The van der Waals surface area contributed by atoms with Gasteiger partial charge in [0.15, 0.2) is 0 Å². The van der Waals surface area contributed by atoms with E-state index in [1.807, 2.05) is 37.1 Å². The standard InChI is InChI=1S/C20H10N4S2/c1-2-14-18-16(25-19(14)22-4-1)7-12(8-23-18)11-6-15-13-3-5-21-10-17(13)26-20(15)24-9-11/h1-10H. The molecule has 6 heteroatoms. The third-order valence-corrected chi connectivity index (χ3v) is 6.67. The number of rotatable bonds is 1. The molecule has 6 rings (SSSR count). The highest BCUT2D eigenvalue weighted by Crippen LogP contribution is 2.36. The van der Waals surface area contributed by atoms with Gasteiger partial charge in [-0.05, 0) is 30.3 Å². The van der Waals surface area contributed by atoms with Crippen molar-refractivity contribution in [2.75, 3.05) is 0 Å². The van der Waals surface area contributed by atoms with Crippen LogP contribution >= 0.6 is 22.7 Å². The zero-order valence-electron chi connectivity index (χ0n) is 13.4. The maximum absolute atomic E-state index is 4.71. The molecule has 4 nitrogen and oxygen atoms in total. The molecule has 0 aliphatic carbocycles. The van der Waals surface area contributed by atoms with E-state index in [9.17, 15) is 0 Å². The van der Waals surface area contributed by atoms with Crippen molar-refractivity contribution >= 4 is 63.4 Å². The van der Waals surface area contributed by atoms with Crippen molar-refractivity contribution in [3.63, 3.8) is 0 Å². The summed E-state index contributed by atoms with van der Waals surface area (Å²) >= 11 is 3.35. The molecule has 0 unspecified atom stereocenters. The van der Waals surface area contributed by atoms with Gasteiger partial charge in [-0.1, -0.05) is 0 Å². The Bertz CT molecular complexity index is 1450. The molecule has 0 fully saturated rings. The Hall–Kier alpha value is -2.96. The van der Waals surface area contributed by atoms with Crippen molar-refractivity contribution in [1.29, 1.82) is 0 Å². The molecule has 0 saturated heterocycles. The highest BCUT2D eigenvalue weighted by molar-refractivity contribution is 7.25. The molecule has 0 aromatic carbocycles. The Morgan fingerprint density at radius 1 is 0.654 bits per heavy atom. The number of nitrogens with zero attached hydrogens (tertiary/aromatic N) is 4. The normalized spacial score (nSPS) is 11.8. The molecule has 6 aromatic rings. The van der Waals surface area contributed by atoms with E-state index in [1.54, 1.807) is 22.7 Å². The van der Waals surface area contributed by atoms with Crippen molar-refractivity contribution < 1.29 is 0 Å². The summed E-state index contributed by atoms with van der Waals surface area (Å²) in [5.74, 6) is 0. The van der Waals surface area contributed by atoms with Crippen LogP contribution in [0.15, 0.2) is 61.3 Å². The second-order valence-corrected chi connectivity index (χ2v) is 8.14. The number of thiophene rings is 2. The van der Waals surface area contributed by atoms with E-state index < -0.39 is 0 Å². The molecular weight excluding hydrogens is 360 g/mol. The molecule has 0 aliphatic rings. The molecule has 0 saturated carbocycles. The lowest BCUT2D eigenvalue weighted by Gasteiger charge is -2.02. The summed E-state index contributed by atoms with van der Waals surface area (Å²) in [6.45, 7) is 0. The summed E-state index contributed by atoms with van der Waals surface area (Å²) in [5.41, 5.74) is 3.17. The minimum Gasteiger partial charge on any atom is -0.263 e. The van der Waals surface area contributed by atoms with Gasteiger partial charge in [0.25, 0.3) is 0 Å². The lowest BCUT2D eigenvalue weighted by Crippen LogP contribution is -1.83. The van der Waals surface area contributed by atoms with Crippen LogP contribution in [0, 0.1) is 0 Å². The number of fused-ring (bicyclic) bond motifs is 6. The number of hydrogen-bond acceptors (Lipinski definition) is 6. The Kier molecular flexibility index (Phi) is 2.88. The van der Waals surface area contributed by atoms with Crippen LogP contribution in [-0.2, 0) is 0 Å². The van der Waals surface area contributed by atoms with E-state index in [1.165, 1.54) is 10.8 Å². The molecule has 0 radical (unpaired) electrons. The smallest absolute Gasteiger partial charge is 0.126 e. The van der Waals surface area contributed by atoms with Gasteiger partial charge < -0.3 is 0 Å². The SMILES string of the molecule is c1cnc2sc3cc(-c4cnc5sc6cnccc6c5c4)cnc3c2c1. The van der Waals surface area contributed by atoms with Crippen LogP contribution in [0.2, 0.25) is 0 Å². The predicted octanol–water partition coefficient (Wildman–Crippen LogP) is 5.67. The first-order valence-corrected chi connectivity index (χ1v) is 9.76. The van der Waals surface area contributed by atoms with Gasteiger partial charge >= 0.3 is 0 Å². The average molecular weight is 370 g/mol. The molecule has 122 valence electrons. The summed E-state index contributed by atoms with van der Waals surface area (Å²) in [6, 6.07) is 10.5. The quantitative estimate of drug-likeness (QED) is 0.374. The molecule has 26 heavy (non-hydrogen) atoms. The minimum atomic E-state index is 1.02. The largest absolute Gasteiger partial charge is 0.263 e. The Morgan fingerprint density at radius 2 is 1.50 bits per heavy atom. The van der Waals surface area contributed by atoms with Gasteiger partial charge in [-0.3, -0.25) is 9.97 Å². The van der Waals surface area contributed by atoms with Crippen LogP contribution in [0.1, 0.15) is 0 Å². The average Bonchev–Trinajstić information content (AvgIpc) is 3.25. The molecule has 0 spiro atoms. The van der Waals surface area contributed by atoms with Crippen LogP contribution in [0.3, 0.4) is 0 Å². The topological polar surface area (TPSA) is 51.6 Å². The summed E-state index contributed by atoms with van der Waals surface area (Å²) in [6.07, 6.45) is 9.42. The highest BCUT2D eigenvalue weighted by Gasteiger charge is 2.11. The maximum atomic E-state index is 4.71. The molecular formula is C20H10N4S2. The van der Waals surface area contributed by atoms with Crippen LogP contribution < -0.4 is 0 Å². The second-order valence-electron chi connectivity index (χ2n) is 6.08. The van der Waals surface area contributed by atoms with Crippen molar-refractivity contribution in [3.05, 3.63) is 61.3 Å². The van der Waals surface area contributed by atoms with E-state index in [4.69, 9.17) is 4.98 Å². The summed E-state index contributed by atoms with van der Waals surface area (Å²) in [5, 5.41) is 3.49. The third-order valence-electron chi connectivity index (χ3n) is 4.55. The van der Waals surface area contributed by atoms with Gasteiger partial charge in [-0.25, -0.2) is 9.97 Å². The van der Waals surface area contributed by atoms with E-state index in [-0.39, 0.29) is 0 Å². The fourth-order valence-electron chi connectivity index (χ4n) is 3.31. The number of hydrogen-bond donors (Lipinski definition) is 0. The molecule has 0 amide bonds. The van der Waals surface area contributed by atoms with Crippen LogP contribution in [0.4, 0.5) is 0 Å². The zero-order chi connectivity index (χ0) is 17.1. The van der Waals surface area contributed by atoms with Gasteiger partial charge in [0, 0.05) is 58.3 Å². The lowest BCUT2D eigenvalue weighted by molar-refractivity contribution is 1.37. The first-order valence-electron chi connectivity index (χ1n) is 8.13. The second kappa shape index (κ2) is 5.27. The van der Waals surface area contributed by atoms with Crippen LogP contribution in [0.25, 0.3) is 51.9 Å². The summed E-state index contributed by atoms with van der Waals surface area (Å²) in [7, 11) is 0. The molecule has 0 aliphatic heterocycles. The zero-order valence-corrected chi connectivity index (χ0v) is 15.0. The molecule has 6 aromatic heterocycles. The van der Waals surface area contributed by atoms with Crippen molar-refractivity contribution in [3.8, 4) is 11.1 Å². The molecule has 0 atom stereocenters. The van der Waals surface area contributed by atoms with Gasteiger partial charge in [0.05, 0.1) is 14.9 Å².